The van der Waals surface area contributed by atoms with Gasteiger partial charge in [-0.15, -0.1) is 10.2 Å². The largest absolute Gasteiger partial charge is 0.478 e. The molecule has 1 saturated heterocycles. The van der Waals surface area contributed by atoms with Gasteiger partial charge < -0.3 is 20.1 Å². The van der Waals surface area contributed by atoms with Gasteiger partial charge in [0.15, 0.2) is 11.6 Å². The molecule has 25 heavy (non-hydrogen) atoms. The van der Waals surface area contributed by atoms with Crippen LogP contribution in [0.15, 0.2) is 42.9 Å². The fourth-order valence-electron chi connectivity index (χ4n) is 2.60. The number of anilines is 1. The fraction of sp³-hybridized carbons (Fsp3) is 0.188. The van der Waals surface area contributed by atoms with E-state index in [2.05, 4.69) is 30.5 Å². The predicted molar refractivity (Wildman–Crippen MR) is 86.9 cm³/mol. The van der Waals surface area contributed by atoms with E-state index >= 15 is 0 Å². The Kier molecular flexibility index (Phi) is 3.62. The molecule has 9 heteroatoms. The monoisotopic (exact) mass is 338 g/mol. The Balaban J connectivity index is 1.63. The van der Waals surface area contributed by atoms with Gasteiger partial charge in [0.25, 0.3) is 0 Å². The highest BCUT2D eigenvalue weighted by atomic mass is 16.5. The molecule has 0 spiro atoms. The van der Waals surface area contributed by atoms with Crippen molar-refractivity contribution in [2.45, 2.75) is 5.54 Å². The van der Waals surface area contributed by atoms with Crippen LogP contribution in [0.2, 0.25) is 0 Å². The lowest BCUT2D eigenvalue weighted by molar-refractivity contribution is -0.0487. The minimum atomic E-state index is -0.978. The van der Waals surface area contributed by atoms with Crippen LogP contribution in [0.4, 0.5) is 5.69 Å². The van der Waals surface area contributed by atoms with Crippen LogP contribution in [0.25, 0.3) is 11.5 Å². The number of carbonyl (C=O) groups is 1. The average Bonchev–Trinajstić information content (AvgIpc) is 3.09. The SMILES string of the molecule is O=C(O)c1cccc(NC2(c3nnc(-c4ccncn4)[nH]3)COC2)c1. The summed E-state index contributed by atoms with van der Waals surface area (Å²) >= 11 is 0. The number of aromatic carboxylic acids is 1. The van der Waals surface area contributed by atoms with Gasteiger partial charge in [0.1, 0.15) is 17.6 Å². The van der Waals surface area contributed by atoms with Gasteiger partial charge in [-0.1, -0.05) is 6.07 Å². The molecule has 4 rings (SSSR count). The summed E-state index contributed by atoms with van der Waals surface area (Å²) in [6, 6.07) is 8.33. The summed E-state index contributed by atoms with van der Waals surface area (Å²) in [5.41, 5.74) is 0.926. The fourth-order valence-corrected chi connectivity index (χ4v) is 2.60. The number of benzene rings is 1. The molecule has 1 aliphatic rings. The first-order chi connectivity index (χ1) is 12.2. The van der Waals surface area contributed by atoms with Crippen molar-refractivity contribution in [3.63, 3.8) is 0 Å². The van der Waals surface area contributed by atoms with Crippen LogP contribution < -0.4 is 5.32 Å². The third-order valence-electron chi connectivity index (χ3n) is 3.95. The molecule has 0 aliphatic carbocycles. The molecule has 2 aromatic heterocycles. The first-order valence-electron chi connectivity index (χ1n) is 7.55. The summed E-state index contributed by atoms with van der Waals surface area (Å²) < 4.78 is 5.37. The molecule has 0 radical (unpaired) electrons. The van der Waals surface area contributed by atoms with E-state index in [4.69, 9.17) is 9.84 Å². The van der Waals surface area contributed by atoms with Crippen LogP contribution in [-0.2, 0) is 10.3 Å². The molecular formula is C16H14N6O3. The van der Waals surface area contributed by atoms with E-state index in [0.29, 0.717) is 36.2 Å². The highest BCUT2D eigenvalue weighted by Crippen LogP contribution is 2.32. The molecule has 0 unspecified atom stereocenters. The highest BCUT2D eigenvalue weighted by molar-refractivity contribution is 5.88. The van der Waals surface area contributed by atoms with Crippen LogP contribution in [0.5, 0.6) is 0 Å². The first kappa shape index (κ1) is 15.2. The molecule has 1 aliphatic heterocycles. The van der Waals surface area contributed by atoms with Gasteiger partial charge in [-0.2, -0.15) is 0 Å². The number of hydrogen-bond acceptors (Lipinski definition) is 7. The maximum Gasteiger partial charge on any atom is 0.335 e. The van der Waals surface area contributed by atoms with Gasteiger partial charge in [-0.05, 0) is 24.3 Å². The van der Waals surface area contributed by atoms with Crippen molar-refractivity contribution in [1.82, 2.24) is 25.1 Å². The van der Waals surface area contributed by atoms with E-state index < -0.39 is 11.5 Å². The Bertz CT molecular complexity index is 907. The second kappa shape index (κ2) is 5.95. The smallest absolute Gasteiger partial charge is 0.335 e. The topological polar surface area (TPSA) is 126 Å². The van der Waals surface area contributed by atoms with Gasteiger partial charge in [-0.25, -0.2) is 14.8 Å². The number of hydrogen-bond donors (Lipinski definition) is 3. The lowest BCUT2D eigenvalue weighted by Crippen LogP contribution is -2.53. The normalized spacial score (nSPS) is 15.4. The highest BCUT2D eigenvalue weighted by Gasteiger charge is 2.44. The number of aromatic nitrogens is 5. The second-order valence-corrected chi connectivity index (χ2v) is 5.70. The number of carboxylic acid groups (broad SMARTS) is 1. The van der Waals surface area contributed by atoms with Crippen LogP contribution >= 0.6 is 0 Å². The molecule has 3 heterocycles. The summed E-state index contributed by atoms with van der Waals surface area (Å²) in [6.45, 7) is 0.783. The molecule has 0 saturated carbocycles. The van der Waals surface area contributed by atoms with Gasteiger partial charge >= 0.3 is 5.97 Å². The molecule has 1 fully saturated rings. The summed E-state index contributed by atoms with van der Waals surface area (Å²) in [6.07, 6.45) is 3.07. The van der Waals surface area contributed by atoms with Crippen LogP contribution in [0, 0.1) is 0 Å². The molecule has 1 aromatic carbocycles. The van der Waals surface area contributed by atoms with E-state index in [0.717, 1.165) is 0 Å². The van der Waals surface area contributed by atoms with Gasteiger partial charge in [-0.3, -0.25) is 0 Å². The van der Waals surface area contributed by atoms with E-state index in [9.17, 15) is 4.79 Å². The van der Waals surface area contributed by atoms with Crippen molar-refractivity contribution in [3.05, 3.63) is 54.2 Å². The lowest BCUT2D eigenvalue weighted by Gasteiger charge is -2.40. The van der Waals surface area contributed by atoms with Crippen LogP contribution in [0.3, 0.4) is 0 Å². The standard InChI is InChI=1S/C16H14N6O3/c23-14(24)10-2-1-3-11(6-10)20-16(7-25-8-16)15-19-13(21-22-15)12-4-5-17-9-18-12/h1-6,9,20H,7-8H2,(H,23,24)(H,19,21,22). The zero-order chi connectivity index (χ0) is 17.3. The van der Waals surface area contributed by atoms with Gasteiger partial charge in [0.2, 0.25) is 0 Å². The van der Waals surface area contributed by atoms with Crippen LogP contribution in [-0.4, -0.2) is 49.4 Å². The maximum atomic E-state index is 11.1. The van der Waals surface area contributed by atoms with Gasteiger partial charge in [0.05, 0.1) is 18.8 Å². The van der Waals surface area contributed by atoms with Gasteiger partial charge in [0, 0.05) is 11.9 Å². The number of aromatic amines is 1. The summed E-state index contributed by atoms with van der Waals surface area (Å²) in [5, 5.41) is 20.8. The third-order valence-corrected chi connectivity index (χ3v) is 3.95. The van der Waals surface area contributed by atoms with E-state index in [-0.39, 0.29) is 5.56 Å². The zero-order valence-electron chi connectivity index (χ0n) is 13.0. The number of nitrogens with zero attached hydrogens (tertiary/aromatic N) is 4. The number of carboxylic acids is 1. The number of ether oxygens (including phenoxy) is 1. The van der Waals surface area contributed by atoms with Crippen molar-refractivity contribution in [3.8, 4) is 11.5 Å². The van der Waals surface area contributed by atoms with Crippen molar-refractivity contribution in [1.29, 1.82) is 0 Å². The van der Waals surface area contributed by atoms with Crippen molar-refractivity contribution in [2.24, 2.45) is 0 Å². The summed E-state index contributed by atoms with van der Waals surface area (Å²) in [7, 11) is 0. The van der Waals surface area contributed by atoms with E-state index in [1.807, 2.05) is 0 Å². The van der Waals surface area contributed by atoms with E-state index in [1.165, 1.54) is 6.33 Å². The number of H-pyrrole nitrogens is 1. The molecular weight excluding hydrogens is 324 g/mol. The average molecular weight is 338 g/mol. The Morgan fingerprint density at radius 1 is 1.28 bits per heavy atom. The van der Waals surface area contributed by atoms with Crippen molar-refractivity contribution >= 4 is 11.7 Å². The molecule has 9 nitrogen and oxygen atoms in total. The summed E-state index contributed by atoms with van der Waals surface area (Å²) in [4.78, 5) is 22.3. The lowest BCUT2D eigenvalue weighted by atomic mass is 9.95. The number of rotatable bonds is 5. The molecule has 0 atom stereocenters. The Labute approximate surface area is 142 Å². The molecule has 0 bridgehead atoms. The molecule has 0 amide bonds. The second-order valence-electron chi connectivity index (χ2n) is 5.70. The molecule has 3 N–H and O–H groups in total. The Morgan fingerprint density at radius 3 is 2.84 bits per heavy atom. The molecule has 3 aromatic rings. The summed E-state index contributed by atoms with van der Waals surface area (Å²) in [5.74, 6) is 0.158. The van der Waals surface area contributed by atoms with Crippen molar-refractivity contribution < 1.29 is 14.6 Å². The minimum Gasteiger partial charge on any atom is -0.478 e. The predicted octanol–water partition coefficient (Wildman–Crippen LogP) is 1.30. The Hall–Kier alpha value is -3.33. The van der Waals surface area contributed by atoms with E-state index in [1.54, 1.807) is 36.5 Å². The minimum absolute atomic E-state index is 0.208. The first-order valence-corrected chi connectivity index (χ1v) is 7.55. The quantitative estimate of drug-likeness (QED) is 0.635. The molecule has 126 valence electrons. The number of nitrogens with one attached hydrogen (secondary N) is 2. The Morgan fingerprint density at radius 2 is 2.16 bits per heavy atom. The van der Waals surface area contributed by atoms with Crippen LogP contribution in [0.1, 0.15) is 16.2 Å². The maximum absolute atomic E-state index is 11.1. The zero-order valence-corrected chi connectivity index (χ0v) is 13.0. The van der Waals surface area contributed by atoms with Crippen molar-refractivity contribution in [2.75, 3.05) is 18.5 Å². The third kappa shape index (κ3) is 2.81.